The van der Waals surface area contributed by atoms with Crippen molar-refractivity contribution in [3.05, 3.63) is 23.8 Å². The minimum atomic E-state index is -0.623. The quantitative estimate of drug-likeness (QED) is 0.594. The van der Waals surface area contributed by atoms with Gasteiger partial charge >= 0.3 is 5.97 Å². The second-order valence-electron chi connectivity index (χ2n) is 4.60. The van der Waals surface area contributed by atoms with Gasteiger partial charge < -0.3 is 14.9 Å². The molecule has 0 unspecified atom stereocenters. The summed E-state index contributed by atoms with van der Waals surface area (Å²) in [5.74, 6) is -0.458. The van der Waals surface area contributed by atoms with Gasteiger partial charge in [-0.15, -0.1) is 0 Å². The van der Waals surface area contributed by atoms with E-state index in [-0.39, 0.29) is 18.1 Å². The van der Waals surface area contributed by atoms with E-state index in [4.69, 9.17) is 9.84 Å². The van der Waals surface area contributed by atoms with Gasteiger partial charge in [0.25, 0.3) is 0 Å². The first-order chi connectivity index (χ1) is 7.34. The van der Waals surface area contributed by atoms with Crippen LogP contribution < -0.4 is 4.74 Å². The van der Waals surface area contributed by atoms with Gasteiger partial charge in [-0.05, 0) is 38.5 Å². The average molecular weight is 224 g/mol. The SMILES string of the molecule is CC(C)(C)C(=O)Oc1ccc(CO)cc1O. The maximum absolute atomic E-state index is 11.6. The van der Waals surface area contributed by atoms with Crippen LogP contribution in [0.1, 0.15) is 26.3 Å². The number of rotatable bonds is 2. The lowest BCUT2D eigenvalue weighted by Crippen LogP contribution is -2.25. The summed E-state index contributed by atoms with van der Waals surface area (Å²) in [4.78, 5) is 11.6. The van der Waals surface area contributed by atoms with Gasteiger partial charge in [-0.2, -0.15) is 0 Å². The number of ether oxygens (including phenoxy) is 1. The third kappa shape index (κ3) is 2.97. The van der Waals surface area contributed by atoms with Crippen molar-refractivity contribution in [2.45, 2.75) is 27.4 Å². The second-order valence-corrected chi connectivity index (χ2v) is 4.60. The Kier molecular flexibility index (Phi) is 3.55. The van der Waals surface area contributed by atoms with E-state index < -0.39 is 11.4 Å². The molecule has 4 heteroatoms. The Bertz CT molecular complexity index is 390. The first kappa shape index (κ1) is 12.5. The Balaban J connectivity index is 2.87. The molecule has 0 atom stereocenters. The Morgan fingerprint density at radius 3 is 2.44 bits per heavy atom. The van der Waals surface area contributed by atoms with Crippen molar-refractivity contribution >= 4 is 5.97 Å². The molecule has 88 valence electrons. The molecule has 0 aliphatic carbocycles. The zero-order valence-electron chi connectivity index (χ0n) is 9.65. The van der Waals surface area contributed by atoms with Crippen LogP contribution in [-0.4, -0.2) is 16.2 Å². The zero-order valence-corrected chi connectivity index (χ0v) is 9.65. The topological polar surface area (TPSA) is 66.8 Å². The summed E-state index contributed by atoms with van der Waals surface area (Å²) in [6.45, 7) is 5.03. The van der Waals surface area contributed by atoms with Crippen molar-refractivity contribution in [2.24, 2.45) is 5.41 Å². The Hall–Kier alpha value is -1.55. The fraction of sp³-hybridized carbons (Fsp3) is 0.417. The number of carbonyl (C=O) groups excluding carboxylic acids is 1. The standard InChI is InChI=1S/C12H16O4/c1-12(2,3)11(15)16-10-5-4-8(7-13)6-9(10)14/h4-6,13-14H,7H2,1-3H3. The fourth-order valence-corrected chi connectivity index (χ4v) is 1.00. The van der Waals surface area contributed by atoms with Gasteiger partial charge in [0, 0.05) is 0 Å². The predicted octanol–water partition coefficient (Wildman–Crippen LogP) is 1.84. The first-order valence-corrected chi connectivity index (χ1v) is 4.99. The molecule has 0 aliphatic rings. The third-order valence-corrected chi connectivity index (χ3v) is 2.02. The summed E-state index contributed by atoms with van der Waals surface area (Å²) in [6.07, 6.45) is 0. The summed E-state index contributed by atoms with van der Waals surface area (Å²) >= 11 is 0. The molecular weight excluding hydrogens is 208 g/mol. The predicted molar refractivity (Wildman–Crippen MR) is 59.1 cm³/mol. The maximum Gasteiger partial charge on any atom is 0.316 e. The van der Waals surface area contributed by atoms with Gasteiger partial charge in [0.05, 0.1) is 12.0 Å². The van der Waals surface area contributed by atoms with Crippen LogP contribution in [0.2, 0.25) is 0 Å². The normalized spacial score (nSPS) is 11.2. The van der Waals surface area contributed by atoms with Crippen LogP contribution in [0.4, 0.5) is 0 Å². The molecule has 0 fully saturated rings. The Labute approximate surface area is 94.5 Å². The van der Waals surface area contributed by atoms with Crippen LogP contribution in [0, 0.1) is 5.41 Å². The maximum atomic E-state index is 11.6. The molecule has 0 saturated carbocycles. The molecule has 0 spiro atoms. The van der Waals surface area contributed by atoms with Crippen molar-refractivity contribution in [2.75, 3.05) is 0 Å². The van der Waals surface area contributed by atoms with E-state index in [1.807, 2.05) is 0 Å². The van der Waals surface area contributed by atoms with Crippen LogP contribution in [0.25, 0.3) is 0 Å². The monoisotopic (exact) mass is 224 g/mol. The highest BCUT2D eigenvalue weighted by Crippen LogP contribution is 2.29. The minimum Gasteiger partial charge on any atom is -0.504 e. The van der Waals surface area contributed by atoms with Gasteiger partial charge in [-0.3, -0.25) is 4.79 Å². The number of esters is 1. The van der Waals surface area contributed by atoms with Crippen molar-refractivity contribution in [1.29, 1.82) is 0 Å². The number of hydrogen-bond donors (Lipinski definition) is 2. The average Bonchev–Trinajstić information content (AvgIpc) is 2.19. The zero-order chi connectivity index (χ0) is 12.3. The van der Waals surface area contributed by atoms with E-state index in [1.165, 1.54) is 12.1 Å². The van der Waals surface area contributed by atoms with Gasteiger partial charge in [0.15, 0.2) is 11.5 Å². The van der Waals surface area contributed by atoms with E-state index in [0.717, 1.165) is 0 Å². The highest BCUT2D eigenvalue weighted by Gasteiger charge is 2.24. The molecule has 1 aromatic rings. The number of aliphatic hydroxyl groups excluding tert-OH is 1. The molecule has 0 aromatic heterocycles. The van der Waals surface area contributed by atoms with Crippen LogP contribution in [0.5, 0.6) is 11.5 Å². The number of phenols is 1. The molecule has 0 bridgehead atoms. The number of hydrogen-bond acceptors (Lipinski definition) is 4. The van der Waals surface area contributed by atoms with E-state index in [2.05, 4.69) is 0 Å². The molecule has 0 amide bonds. The lowest BCUT2D eigenvalue weighted by atomic mass is 9.97. The van der Waals surface area contributed by atoms with E-state index >= 15 is 0 Å². The molecule has 0 radical (unpaired) electrons. The van der Waals surface area contributed by atoms with E-state index in [0.29, 0.717) is 5.56 Å². The molecule has 1 aromatic carbocycles. The molecular formula is C12H16O4. The molecule has 2 N–H and O–H groups in total. The summed E-state index contributed by atoms with van der Waals surface area (Å²) < 4.78 is 5.04. The Morgan fingerprint density at radius 2 is 2.00 bits per heavy atom. The van der Waals surface area contributed by atoms with E-state index in [9.17, 15) is 9.90 Å². The summed E-state index contributed by atoms with van der Waals surface area (Å²) in [6, 6.07) is 4.42. The number of carbonyl (C=O) groups is 1. The lowest BCUT2D eigenvalue weighted by Gasteiger charge is -2.16. The second kappa shape index (κ2) is 4.53. The van der Waals surface area contributed by atoms with Crippen molar-refractivity contribution in [1.82, 2.24) is 0 Å². The number of aliphatic hydroxyl groups is 1. The largest absolute Gasteiger partial charge is 0.504 e. The first-order valence-electron chi connectivity index (χ1n) is 4.99. The molecule has 0 heterocycles. The van der Waals surface area contributed by atoms with Crippen LogP contribution >= 0.6 is 0 Å². The van der Waals surface area contributed by atoms with Crippen molar-refractivity contribution in [3.63, 3.8) is 0 Å². The van der Waals surface area contributed by atoms with Crippen molar-refractivity contribution < 1.29 is 19.7 Å². The number of benzene rings is 1. The fourth-order valence-electron chi connectivity index (χ4n) is 1.00. The third-order valence-electron chi connectivity index (χ3n) is 2.02. The molecule has 1 rings (SSSR count). The number of aromatic hydroxyl groups is 1. The highest BCUT2D eigenvalue weighted by molar-refractivity contribution is 5.78. The van der Waals surface area contributed by atoms with Crippen LogP contribution in [-0.2, 0) is 11.4 Å². The van der Waals surface area contributed by atoms with Gasteiger partial charge in [-0.1, -0.05) is 6.07 Å². The minimum absolute atomic E-state index is 0.108. The molecule has 16 heavy (non-hydrogen) atoms. The van der Waals surface area contributed by atoms with E-state index in [1.54, 1.807) is 26.8 Å². The van der Waals surface area contributed by atoms with Gasteiger partial charge in [0.2, 0.25) is 0 Å². The molecule has 0 aliphatic heterocycles. The van der Waals surface area contributed by atoms with Crippen LogP contribution in [0.15, 0.2) is 18.2 Å². The summed E-state index contributed by atoms with van der Waals surface area (Å²) in [7, 11) is 0. The number of phenolic OH excluding ortho intramolecular Hbond substituents is 1. The lowest BCUT2D eigenvalue weighted by molar-refractivity contribution is -0.143. The molecule has 0 saturated heterocycles. The van der Waals surface area contributed by atoms with Crippen molar-refractivity contribution in [3.8, 4) is 11.5 Å². The van der Waals surface area contributed by atoms with Gasteiger partial charge in [0.1, 0.15) is 0 Å². The summed E-state index contributed by atoms with van der Waals surface area (Å²) in [5, 5.41) is 18.4. The smallest absolute Gasteiger partial charge is 0.316 e. The highest BCUT2D eigenvalue weighted by atomic mass is 16.5. The van der Waals surface area contributed by atoms with Gasteiger partial charge in [-0.25, -0.2) is 0 Å². The molecule has 4 nitrogen and oxygen atoms in total. The van der Waals surface area contributed by atoms with Crippen LogP contribution in [0.3, 0.4) is 0 Å². The Morgan fingerprint density at radius 1 is 1.38 bits per heavy atom. The summed E-state index contributed by atoms with van der Waals surface area (Å²) in [5.41, 5.74) is -0.0599.